The molecule has 2 heteroatoms. The zero-order valence-electron chi connectivity index (χ0n) is 10.6. The van der Waals surface area contributed by atoms with Crippen LogP contribution in [0.15, 0.2) is 42.5 Å². The van der Waals surface area contributed by atoms with Gasteiger partial charge in [-0.1, -0.05) is 31.2 Å². The molecular weight excluding hydrogens is 224 g/mol. The van der Waals surface area contributed by atoms with Crippen molar-refractivity contribution in [3.63, 3.8) is 0 Å². The number of aldehydes is 1. The van der Waals surface area contributed by atoms with Crippen LogP contribution in [0.3, 0.4) is 0 Å². The molecule has 0 unspecified atom stereocenters. The van der Waals surface area contributed by atoms with Gasteiger partial charge in [-0.25, -0.2) is 0 Å². The van der Waals surface area contributed by atoms with Crippen LogP contribution in [0.5, 0.6) is 5.75 Å². The van der Waals surface area contributed by atoms with Gasteiger partial charge in [0.2, 0.25) is 0 Å². The molecule has 2 aromatic rings. The van der Waals surface area contributed by atoms with Gasteiger partial charge in [0.15, 0.2) is 0 Å². The van der Waals surface area contributed by atoms with Crippen LogP contribution in [0.4, 0.5) is 0 Å². The van der Waals surface area contributed by atoms with Crippen molar-refractivity contribution < 1.29 is 9.53 Å². The Labute approximate surface area is 107 Å². The highest BCUT2D eigenvalue weighted by molar-refractivity contribution is 5.80. The number of hydrogen-bond donors (Lipinski definition) is 0. The Morgan fingerprint density at radius 3 is 2.39 bits per heavy atom. The summed E-state index contributed by atoms with van der Waals surface area (Å²) in [6.45, 7) is 2.11. The maximum atomic E-state index is 10.9. The van der Waals surface area contributed by atoms with Crippen LogP contribution in [-0.2, 0) is 6.42 Å². The summed E-state index contributed by atoms with van der Waals surface area (Å²) in [6, 6.07) is 13.7. The van der Waals surface area contributed by atoms with Crippen molar-refractivity contribution in [2.24, 2.45) is 0 Å². The Balaban J connectivity index is 2.49. The molecule has 0 aliphatic heterocycles. The molecule has 2 aromatic carbocycles. The van der Waals surface area contributed by atoms with E-state index in [2.05, 4.69) is 6.92 Å². The molecule has 0 aromatic heterocycles. The van der Waals surface area contributed by atoms with Gasteiger partial charge < -0.3 is 4.74 Å². The quantitative estimate of drug-likeness (QED) is 0.761. The second kappa shape index (κ2) is 5.50. The van der Waals surface area contributed by atoms with Gasteiger partial charge in [0.05, 0.1) is 7.11 Å². The monoisotopic (exact) mass is 240 g/mol. The summed E-state index contributed by atoms with van der Waals surface area (Å²) in [5.41, 5.74) is 4.17. The van der Waals surface area contributed by atoms with Gasteiger partial charge in [-0.05, 0) is 41.3 Å². The number of carbonyl (C=O) groups excluding carboxylic acids is 1. The molecule has 0 heterocycles. The summed E-state index contributed by atoms with van der Waals surface area (Å²) in [6.07, 6.45) is 1.83. The van der Waals surface area contributed by atoms with E-state index in [-0.39, 0.29) is 0 Å². The molecule has 0 bridgehead atoms. The first-order chi connectivity index (χ1) is 8.78. The van der Waals surface area contributed by atoms with Gasteiger partial charge in [-0.2, -0.15) is 0 Å². The van der Waals surface area contributed by atoms with Crippen molar-refractivity contribution in [1.29, 1.82) is 0 Å². The molecule has 0 aliphatic carbocycles. The first-order valence-electron chi connectivity index (χ1n) is 6.01. The molecule has 0 atom stereocenters. The number of methoxy groups -OCH3 is 1. The summed E-state index contributed by atoms with van der Waals surface area (Å²) in [5.74, 6) is 0.836. The summed E-state index contributed by atoms with van der Waals surface area (Å²) in [4.78, 5) is 10.9. The van der Waals surface area contributed by atoms with Crippen molar-refractivity contribution >= 4 is 6.29 Å². The number of hydrogen-bond acceptors (Lipinski definition) is 2. The average Bonchev–Trinajstić information content (AvgIpc) is 2.46. The smallest absolute Gasteiger partial charge is 0.150 e. The third-order valence-corrected chi connectivity index (χ3v) is 3.05. The van der Waals surface area contributed by atoms with Gasteiger partial charge in [0.25, 0.3) is 0 Å². The van der Waals surface area contributed by atoms with Gasteiger partial charge >= 0.3 is 0 Å². The van der Waals surface area contributed by atoms with E-state index in [1.54, 1.807) is 7.11 Å². The second-order valence-electron chi connectivity index (χ2n) is 4.12. The molecule has 0 amide bonds. The maximum Gasteiger partial charge on any atom is 0.150 e. The fourth-order valence-corrected chi connectivity index (χ4v) is 2.01. The third-order valence-electron chi connectivity index (χ3n) is 3.05. The van der Waals surface area contributed by atoms with Crippen LogP contribution in [0.2, 0.25) is 0 Å². The number of rotatable bonds is 4. The SMILES string of the molecule is CCc1ccc(C=O)cc1-c1ccc(OC)cc1. The van der Waals surface area contributed by atoms with Crippen LogP contribution in [-0.4, -0.2) is 13.4 Å². The molecular formula is C16H16O2. The van der Waals surface area contributed by atoms with E-state index >= 15 is 0 Å². The normalized spacial score (nSPS) is 10.1. The molecule has 18 heavy (non-hydrogen) atoms. The van der Waals surface area contributed by atoms with E-state index < -0.39 is 0 Å². The number of carbonyl (C=O) groups is 1. The van der Waals surface area contributed by atoms with Crippen molar-refractivity contribution in [3.8, 4) is 16.9 Å². The topological polar surface area (TPSA) is 26.3 Å². The van der Waals surface area contributed by atoms with E-state index in [0.717, 1.165) is 29.6 Å². The Morgan fingerprint density at radius 1 is 1.11 bits per heavy atom. The summed E-state index contributed by atoms with van der Waals surface area (Å²) in [7, 11) is 1.65. The largest absolute Gasteiger partial charge is 0.497 e. The molecule has 0 fully saturated rings. The molecule has 0 N–H and O–H groups in total. The van der Waals surface area contributed by atoms with Crippen LogP contribution >= 0.6 is 0 Å². The summed E-state index contributed by atoms with van der Waals surface area (Å²) < 4.78 is 5.15. The number of ether oxygens (including phenoxy) is 1. The summed E-state index contributed by atoms with van der Waals surface area (Å²) >= 11 is 0. The van der Waals surface area contributed by atoms with E-state index in [1.807, 2.05) is 42.5 Å². The van der Waals surface area contributed by atoms with E-state index in [0.29, 0.717) is 5.56 Å². The Hall–Kier alpha value is -2.09. The highest BCUT2D eigenvalue weighted by atomic mass is 16.5. The minimum absolute atomic E-state index is 0.706. The highest BCUT2D eigenvalue weighted by Crippen LogP contribution is 2.27. The fourth-order valence-electron chi connectivity index (χ4n) is 2.01. The van der Waals surface area contributed by atoms with Gasteiger partial charge in [-0.3, -0.25) is 4.79 Å². The van der Waals surface area contributed by atoms with Crippen molar-refractivity contribution in [1.82, 2.24) is 0 Å². The minimum atomic E-state index is 0.706. The number of aryl methyl sites for hydroxylation is 1. The fraction of sp³-hybridized carbons (Fsp3) is 0.188. The van der Waals surface area contributed by atoms with Crippen LogP contribution in [0.1, 0.15) is 22.8 Å². The Bertz CT molecular complexity index is 542. The van der Waals surface area contributed by atoms with E-state index in [4.69, 9.17) is 4.74 Å². The lowest BCUT2D eigenvalue weighted by Crippen LogP contribution is -1.91. The van der Waals surface area contributed by atoms with Crippen molar-refractivity contribution in [3.05, 3.63) is 53.6 Å². The first kappa shape index (κ1) is 12.4. The van der Waals surface area contributed by atoms with Gasteiger partial charge in [-0.15, -0.1) is 0 Å². The molecule has 0 spiro atoms. The van der Waals surface area contributed by atoms with Crippen molar-refractivity contribution in [2.45, 2.75) is 13.3 Å². The zero-order chi connectivity index (χ0) is 13.0. The summed E-state index contributed by atoms with van der Waals surface area (Å²) in [5, 5.41) is 0. The molecule has 2 rings (SSSR count). The highest BCUT2D eigenvalue weighted by Gasteiger charge is 2.05. The lowest BCUT2D eigenvalue weighted by atomic mass is 9.96. The van der Waals surface area contributed by atoms with Gasteiger partial charge in [0.1, 0.15) is 12.0 Å². The first-order valence-corrected chi connectivity index (χ1v) is 6.01. The van der Waals surface area contributed by atoms with Crippen LogP contribution in [0.25, 0.3) is 11.1 Å². The third kappa shape index (κ3) is 2.43. The predicted octanol–water partition coefficient (Wildman–Crippen LogP) is 3.74. The molecule has 2 nitrogen and oxygen atoms in total. The molecule has 92 valence electrons. The predicted molar refractivity (Wildman–Crippen MR) is 73.2 cm³/mol. The number of benzene rings is 2. The maximum absolute atomic E-state index is 10.9. The van der Waals surface area contributed by atoms with Crippen LogP contribution in [0, 0.1) is 0 Å². The van der Waals surface area contributed by atoms with E-state index in [9.17, 15) is 4.79 Å². The lowest BCUT2D eigenvalue weighted by molar-refractivity contribution is 0.112. The van der Waals surface area contributed by atoms with Crippen molar-refractivity contribution in [2.75, 3.05) is 7.11 Å². The molecule has 0 saturated carbocycles. The molecule has 0 radical (unpaired) electrons. The standard InChI is InChI=1S/C16H16O2/c1-3-13-5-4-12(11-17)10-16(13)14-6-8-15(18-2)9-7-14/h4-11H,3H2,1-2H3. The Kier molecular flexibility index (Phi) is 3.78. The van der Waals surface area contributed by atoms with E-state index in [1.165, 1.54) is 5.56 Å². The molecule has 0 aliphatic rings. The zero-order valence-corrected chi connectivity index (χ0v) is 10.6. The van der Waals surface area contributed by atoms with Gasteiger partial charge in [0, 0.05) is 5.56 Å². The average molecular weight is 240 g/mol. The van der Waals surface area contributed by atoms with Crippen LogP contribution < -0.4 is 4.74 Å². The Morgan fingerprint density at radius 2 is 1.83 bits per heavy atom. The second-order valence-corrected chi connectivity index (χ2v) is 4.12. The molecule has 0 saturated heterocycles. The lowest BCUT2D eigenvalue weighted by Gasteiger charge is -2.09. The minimum Gasteiger partial charge on any atom is -0.497 e.